The van der Waals surface area contributed by atoms with Crippen LogP contribution in [0.15, 0.2) is 36.8 Å². The molecule has 2 aliphatic rings. The van der Waals surface area contributed by atoms with E-state index in [-0.39, 0.29) is 5.54 Å². The first-order valence-electron chi connectivity index (χ1n) is 10.3. The van der Waals surface area contributed by atoms with Crippen LogP contribution in [0.2, 0.25) is 0 Å². The molecule has 30 heavy (non-hydrogen) atoms. The summed E-state index contributed by atoms with van der Waals surface area (Å²) < 4.78 is 11.6. The van der Waals surface area contributed by atoms with Gasteiger partial charge in [0.05, 0.1) is 25.0 Å². The normalized spacial score (nSPS) is 20.8. The standard InChI is InChI=1S/C22H26N6O2/c1-22(15-5-4-6-15)13-30-19-12-23-21(27-20(19)28(22)2)26-16-7-8-17(18(9-16)29-3)14-10-24-25-11-14/h7-12,15H,4-6,13H2,1-3H3,(H,24,25)(H,23,26,27). The molecule has 2 N–H and O–H groups in total. The van der Waals surface area contributed by atoms with E-state index in [0.717, 1.165) is 34.1 Å². The molecular formula is C22H26N6O2. The maximum atomic E-state index is 6.04. The Balaban J connectivity index is 1.41. The molecule has 156 valence electrons. The molecule has 5 rings (SSSR count). The van der Waals surface area contributed by atoms with Crippen LogP contribution in [0.1, 0.15) is 26.2 Å². The minimum atomic E-state index is -0.0354. The average Bonchev–Trinajstić information content (AvgIpc) is 3.24. The number of fused-ring (bicyclic) bond motifs is 1. The van der Waals surface area contributed by atoms with E-state index in [2.05, 4.69) is 39.4 Å². The second kappa shape index (κ2) is 7.19. The van der Waals surface area contributed by atoms with E-state index in [4.69, 9.17) is 14.5 Å². The number of H-pyrrole nitrogens is 1. The molecular weight excluding hydrogens is 380 g/mol. The third-order valence-corrected chi connectivity index (χ3v) is 6.59. The number of likely N-dealkylation sites (N-methyl/N-ethyl adjacent to an activating group) is 1. The molecule has 1 aliphatic heterocycles. The Bertz CT molecular complexity index is 1050. The SMILES string of the molecule is COc1cc(Nc2ncc3c(n2)N(C)C(C)(C2CCC2)CO3)ccc1-c1cn[nH]c1. The number of hydrogen-bond donors (Lipinski definition) is 2. The lowest BCUT2D eigenvalue weighted by atomic mass is 9.71. The number of nitrogens with zero attached hydrogens (tertiary/aromatic N) is 4. The number of hydrogen-bond acceptors (Lipinski definition) is 7. The Morgan fingerprint density at radius 1 is 1.30 bits per heavy atom. The average molecular weight is 406 g/mol. The summed E-state index contributed by atoms with van der Waals surface area (Å²) in [5.74, 6) is 3.47. The highest BCUT2D eigenvalue weighted by atomic mass is 16.5. The molecule has 1 aromatic carbocycles. The maximum Gasteiger partial charge on any atom is 0.229 e. The molecule has 0 radical (unpaired) electrons. The molecule has 0 bridgehead atoms. The van der Waals surface area contributed by atoms with Gasteiger partial charge in [0.15, 0.2) is 11.6 Å². The fraction of sp³-hybridized carbons (Fsp3) is 0.409. The molecule has 1 unspecified atom stereocenters. The van der Waals surface area contributed by atoms with E-state index in [1.54, 1.807) is 19.5 Å². The lowest BCUT2D eigenvalue weighted by Crippen LogP contribution is -2.58. The largest absolute Gasteiger partial charge is 0.496 e. The number of nitrogens with one attached hydrogen (secondary N) is 2. The van der Waals surface area contributed by atoms with Gasteiger partial charge in [0.2, 0.25) is 5.95 Å². The van der Waals surface area contributed by atoms with Crippen LogP contribution >= 0.6 is 0 Å². The quantitative estimate of drug-likeness (QED) is 0.662. The van der Waals surface area contributed by atoms with Gasteiger partial charge in [-0.15, -0.1) is 0 Å². The molecule has 0 spiro atoms. The summed E-state index contributed by atoms with van der Waals surface area (Å²) in [6.07, 6.45) is 9.16. The maximum absolute atomic E-state index is 6.04. The van der Waals surface area contributed by atoms with Gasteiger partial charge >= 0.3 is 0 Å². The predicted octanol–water partition coefficient (Wildman–Crippen LogP) is 4.01. The molecule has 3 aromatic rings. The zero-order valence-corrected chi connectivity index (χ0v) is 17.5. The van der Waals surface area contributed by atoms with Crippen LogP contribution in [0, 0.1) is 5.92 Å². The van der Waals surface area contributed by atoms with Gasteiger partial charge in [-0.25, -0.2) is 4.98 Å². The highest BCUT2D eigenvalue weighted by Gasteiger charge is 2.45. The van der Waals surface area contributed by atoms with Crippen LogP contribution in [-0.2, 0) is 0 Å². The Kier molecular flexibility index (Phi) is 4.49. The predicted molar refractivity (Wildman–Crippen MR) is 116 cm³/mol. The zero-order valence-electron chi connectivity index (χ0n) is 17.5. The van der Waals surface area contributed by atoms with Gasteiger partial charge in [0.25, 0.3) is 0 Å². The fourth-order valence-electron chi connectivity index (χ4n) is 4.28. The molecule has 1 saturated carbocycles. The smallest absolute Gasteiger partial charge is 0.229 e. The molecule has 8 nitrogen and oxygen atoms in total. The lowest BCUT2D eigenvalue weighted by Gasteiger charge is -2.51. The summed E-state index contributed by atoms with van der Waals surface area (Å²) in [5, 5.41) is 10.1. The summed E-state index contributed by atoms with van der Waals surface area (Å²) in [5.41, 5.74) is 2.75. The van der Waals surface area contributed by atoms with Gasteiger partial charge in [-0.1, -0.05) is 6.42 Å². The molecule has 1 fully saturated rings. The summed E-state index contributed by atoms with van der Waals surface area (Å²) in [4.78, 5) is 11.5. The molecule has 3 heterocycles. The lowest BCUT2D eigenvalue weighted by molar-refractivity contribution is 0.0990. The molecule has 1 atom stereocenters. The Morgan fingerprint density at radius 2 is 2.17 bits per heavy atom. The number of ether oxygens (including phenoxy) is 2. The van der Waals surface area contributed by atoms with Crippen LogP contribution < -0.4 is 19.7 Å². The van der Waals surface area contributed by atoms with Crippen molar-refractivity contribution in [1.29, 1.82) is 0 Å². The van der Waals surface area contributed by atoms with Crippen LogP contribution in [0.4, 0.5) is 17.5 Å². The molecule has 1 aliphatic carbocycles. The van der Waals surface area contributed by atoms with Crippen molar-refractivity contribution in [2.75, 3.05) is 31.0 Å². The number of methoxy groups -OCH3 is 1. The van der Waals surface area contributed by atoms with Crippen molar-refractivity contribution in [2.45, 2.75) is 31.7 Å². The topological polar surface area (TPSA) is 88.2 Å². The van der Waals surface area contributed by atoms with E-state index in [9.17, 15) is 0 Å². The number of aromatic amines is 1. The third kappa shape index (κ3) is 3.03. The van der Waals surface area contributed by atoms with Gasteiger partial charge in [-0.3, -0.25) is 5.10 Å². The summed E-state index contributed by atoms with van der Waals surface area (Å²) in [7, 11) is 3.77. The highest BCUT2D eigenvalue weighted by molar-refractivity contribution is 5.73. The molecule has 0 amide bonds. The van der Waals surface area contributed by atoms with E-state index >= 15 is 0 Å². The highest BCUT2D eigenvalue weighted by Crippen LogP contribution is 2.45. The van der Waals surface area contributed by atoms with Gasteiger partial charge in [0, 0.05) is 36.1 Å². The van der Waals surface area contributed by atoms with Crippen LogP contribution in [-0.4, -0.2) is 46.5 Å². The summed E-state index contributed by atoms with van der Waals surface area (Å²) in [6, 6.07) is 5.91. The van der Waals surface area contributed by atoms with Crippen molar-refractivity contribution in [1.82, 2.24) is 20.2 Å². The van der Waals surface area contributed by atoms with Gasteiger partial charge in [-0.05, 0) is 37.8 Å². The van der Waals surface area contributed by atoms with Crippen LogP contribution in [0.5, 0.6) is 11.5 Å². The number of aromatic nitrogens is 4. The van der Waals surface area contributed by atoms with Crippen molar-refractivity contribution in [2.24, 2.45) is 5.92 Å². The molecule has 2 aromatic heterocycles. The second-order valence-electron chi connectivity index (χ2n) is 8.24. The molecule has 8 heteroatoms. The van der Waals surface area contributed by atoms with E-state index < -0.39 is 0 Å². The zero-order chi connectivity index (χ0) is 20.7. The van der Waals surface area contributed by atoms with Crippen LogP contribution in [0.3, 0.4) is 0 Å². The minimum absolute atomic E-state index is 0.0354. The van der Waals surface area contributed by atoms with Crippen molar-refractivity contribution in [3.05, 3.63) is 36.8 Å². The first-order valence-corrected chi connectivity index (χ1v) is 10.3. The van der Waals surface area contributed by atoms with Gasteiger partial charge in [-0.2, -0.15) is 10.1 Å². The van der Waals surface area contributed by atoms with E-state index in [0.29, 0.717) is 18.5 Å². The number of rotatable bonds is 5. The first-order chi connectivity index (χ1) is 14.6. The van der Waals surface area contributed by atoms with E-state index in [1.165, 1.54) is 19.3 Å². The minimum Gasteiger partial charge on any atom is -0.496 e. The first kappa shape index (κ1) is 18.7. The number of benzene rings is 1. The van der Waals surface area contributed by atoms with Crippen molar-refractivity contribution >= 4 is 17.5 Å². The van der Waals surface area contributed by atoms with Crippen molar-refractivity contribution in [3.8, 4) is 22.6 Å². The van der Waals surface area contributed by atoms with Gasteiger partial charge in [0.1, 0.15) is 12.4 Å². The van der Waals surface area contributed by atoms with Crippen LogP contribution in [0.25, 0.3) is 11.1 Å². The van der Waals surface area contributed by atoms with Crippen molar-refractivity contribution < 1.29 is 9.47 Å². The second-order valence-corrected chi connectivity index (χ2v) is 8.24. The monoisotopic (exact) mass is 406 g/mol. The summed E-state index contributed by atoms with van der Waals surface area (Å²) in [6.45, 7) is 2.94. The fourth-order valence-corrected chi connectivity index (χ4v) is 4.28. The number of anilines is 3. The van der Waals surface area contributed by atoms with Crippen molar-refractivity contribution in [3.63, 3.8) is 0 Å². The van der Waals surface area contributed by atoms with Gasteiger partial charge < -0.3 is 19.7 Å². The third-order valence-electron chi connectivity index (χ3n) is 6.59. The summed E-state index contributed by atoms with van der Waals surface area (Å²) >= 11 is 0. The van der Waals surface area contributed by atoms with E-state index in [1.807, 2.05) is 24.4 Å². The molecule has 0 saturated heterocycles. The Labute approximate surface area is 175 Å². The Morgan fingerprint density at radius 3 is 2.87 bits per heavy atom. The Hall–Kier alpha value is -3.29.